The van der Waals surface area contributed by atoms with Crippen LogP contribution in [0.15, 0.2) is 37.1 Å². The average molecular weight is 411 g/mol. The van der Waals surface area contributed by atoms with E-state index in [1.807, 2.05) is 13.0 Å². The van der Waals surface area contributed by atoms with Crippen LogP contribution in [0.5, 0.6) is 0 Å². The Balaban J connectivity index is 1.62. The highest BCUT2D eigenvalue weighted by molar-refractivity contribution is 7.78. The van der Waals surface area contributed by atoms with E-state index in [1.54, 1.807) is 29.2 Å². The van der Waals surface area contributed by atoms with Gasteiger partial charge >= 0.3 is 0 Å². The van der Waals surface area contributed by atoms with Crippen molar-refractivity contribution < 1.29 is 8.76 Å². The number of aryl methyl sites for hydroxylation is 1. The SMILES string of the molecule is Cc1nc2cnc(Nc3ccnc(-n4cnc(CS(=O)[O-])c4)n3)cc2n1C(C)C. The van der Waals surface area contributed by atoms with Crippen molar-refractivity contribution in [1.29, 1.82) is 0 Å². The van der Waals surface area contributed by atoms with Crippen molar-refractivity contribution in [3.63, 3.8) is 0 Å². The van der Waals surface area contributed by atoms with Crippen molar-refractivity contribution >= 4 is 33.7 Å². The van der Waals surface area contributed by atoms with Crippen molar-refractivity contribution in [2.75, 3.05) is 5.32 Å². The summed E-state index contributed by atoms with van der Waals surface area (Å²) in [7, 11) is 0. The van der Waals surface area contributed by atoms with Crippen LogP contribution < -0.4 is 5.32 Å². The standard InChI is InChI=1S/C18H20N8O2S/c1-11(2)26-12(3)22-14-7-20-17(6-15(14)26)23-16-4-5-19-18(24-16)25-8-13(21-10-25)9-29(27)28/h4-8,10-11H,9H2,1-3H3,(H,27,28)(H,19,20,23,24)/p-1. The van der Waals surface area contributed by atoms with Crippen molar-refractivity contribution in [3.8, 4) is 5.95 Å². The Morgan fingerprint density at radius 3 is 2.79 bits per heavy atom. The van der Waals surface area contributed by atoms with Gasteiger partial charge in [0.25, 0.3) is 0 Å². The second-order valence-electron chi connectivity index (χ2n) is 6.77. The van der Waals surface area contributed by atoms with Crippen LogP contribution in [-0.2, 0) is 16.8 Å². The number of imidazole rings is 2. The molecule has 0 saturated heterocycles. The minimum atomic E-state index is -2.20. The van der Waals surface area contributed by atoms with Gasteiger partial charge in [-0.1, -0.05) is 0 Å². The molecule has 10 nitrogen and oxygen atoms in total. The summed E-state index contributed by atoms with van der Waals surface area (Å²) in [5.41, 5.74) is 2.26. The summed E-state index contributed by atoms with van der Waals surface area (Å²) in [5.74, 6) is 2.34. The zero-order valence-electron chi connectivity index (χ0n) is 16.1. The lowest BCUT2D eigenvalue weighted by molar-refractivity contribution is 0.535. The van der Waals surface area contributed by atoms with E-state index in [2.05, 4.69) is 48.7 Å². The summed E-state index contributed by atoms with van der Waals surface area (Å²) in [6.07, 6.45) is 6.41. The molecule has 150 valence electrons. The van der Waals surface area contributed by atoms with E-state index in [0.717, 1.165) is 16.9 Å². The molecular formula is C18H19N8O2S-. The van der Waals surface area contributed by atoms with Crippen LogP contribution in [0.25, 0.3) is 17.0 Å². The van der Waals surface area contributed by atoms with Crippen LogP contribution >= 0.6 is 0 Å². The van der Waals surface area contributed by atoms with E-state index in [-0.39, 0.29) is 11.8 Å². The zero-order valence-corrected chi connectivity index (χ0v) is 16.9. The number of fused-ring (bicyclic) bond motifs is 1. The van der Waals surface area contributed by atoms with Crippen molar-refractivity contribution in [2.24, 2.45) is 0 Å². The Labute approximate surface area is 169 Å². The summed E-state index contributed by atoms with van der Waals surface area (Å²) in [6.45, 7) is 6.20. The van der Waals surface area contributed by atoms with E-state index in [0.29, 0.717) is 23.3 Å². The van der Waals surface area contributed by atoms with E-state index >= 15 is 0 Å². The molecule has 0 bridgehead atoms. The first-order valence-corrected chi connectivity index (χ1v) is 10.2. The Morgan fingerprint density at radius 2 is 2.03 bits per heavy atom. The molecule has 0 radical (unpaired) electrons. The molecule has 4 rings (SSSR count). The number of hydrogen-bond acceptors (Lipinski definition) is 8. The van der Waals surface area contributed by atoms with Gasteiger partial charge in [-0.25, -0.2) is 19.9 Å². The lowest BCUT2D eigenvalue weighted by atomic mass is 10.3. The summed E-state index contributed by atoms with van der Waals surface area (Å²) in [4.78, 5) is 21.7. The number of pyridine rings is 1. The maximum absolute atomic E-state index is 10.8. The van der Waals surface area contributed by atoms with Gasteiger partial charge in [0.1, 0.15) is 29.3 Å². The van der Waals surface area contributed by atoms with Crippen LogP contribution in [0.3, 0.4) is 0 Å². The number of rotatable bonds is 6. The molecule has 1 atom stereocenters. The van der Waals surface area contributed by atoms with Crippen molar-refractivity contribution in [2.45, 2.75) is 32.6 Å². The third kappa shape index (κ3) is 4.00. The van der Waals surface area contributed by atoms with Crippen LogP contribution in [-0.4, -0.2) is 42.8 Å². The monoisotopic (exact) mass is 411 g/mol. The average Bonchev–Trinajstić information content (AvgIpc) is 3.24. The molecule has 0 aliphatic heterocycles. The van der Waals surface area contributed by atoms with Gasteiger partial charge in [-0.3, -0.25) is 8.78 Å². The quantitative estimate of drug-likeness (QED) is 0.479. The maximum atomic E-state index is 10.8. The molecule has 1 unspecified atom stereocenters. The Kier molecular flexibility index (Phi) is 5.07. The number of hydrogen-bond donors (Lipinski definition) is 1. The number of anilines is 2. The number of nitrogens with one attached hydrogen (secondary N) is 1. The molecule has 0 amide bonds. The molecule has 0 aliphatic carbocycles. The summed E-state index contributed by atoms with van der Waals surface area (Å²) in [5, 5.41) is 3.18. The van der Waals surface area contributed by atoms with Crippen LogP contribution in [0.1, 0.15) is 31.4 Å². The number of nitrogens with zero attached hydrogens (tertiary/aromatic N) is 7. The number of aromatic nitrogens is 7. The van der Waals surface area contributed by atoms with Gasteiger partial charge in [-0.05, 0) is 37.9 Å². The van der Waals surface area contributed by atoms with Gasteiger partial charge in [0.05, 0.1) is 23.2 Å². The largest absolute Gasteiger partial charge is 0.772 e. The van der Waals surface area contributed by atoms with E-state index < -0.39 is 11.1 Å². The second-order valence-corrected chi connectivity index (χ2v) is 7.66. The van der Waals surface area contributed by atoms with Crippen LogP contribution in [0.2, 0.25) is 0 Å². The smallest absolute Gasteiger partial charge is 0.236 e. The molecule has 4 aromatic heterocycles. The van der Waals surface area contributed by atoms with Gasteiger partial charge in [-0.15, -0.1) is 0 Å². The predicted molar refractivity (Wildman–Crippen MR) is 108 cm³/mol. The fourth-order valence-corrected chi connectivity index (χ4v) is 3.57. The molecule has 0 saturated carbocycles. The molecule has 4 heterocycles. The highest BCUT2D eigenvalue weighted by Gasteiger charge is 2.12. The molecule has 0 fully saturated rings. The maximum Gasteiger partial charge on any atom is 0.236 e. The van der Waals surface area contributed by atoms with Crippen molar-refractivity contribution in [1.82, 2.24) is 34.1 Å². The van der Waals surface area contributed by atoms with Gasteiger partial charge < -0.3 is 14.4 Å². The summed E-state index contributed by atoms with van der Waals surface area (Å²) >= 11 is -2.20. The second kappa shape index (κ2) is 7.68. The van der Waals surface area contributed by atoms with Gasteiger partial charge in [-0.2, -0.15) is 4.98 Å². The lowest BCUT2D eigenvalue weighted by Crippen LogP contribution is -2.04. The van der Waals surface area contributed by atoms with E-state index in [4.69, 9.17) is 0 Å². The van der Waals surface area contributed by atoms with Gasteiger partial charge in [0, 0.05) is 24.5 Å². The first-order chi connectivity index (χ1) is 13.9. The third-order valence-corrected chi connectivity index (χ3v) is 4.83. The Morgan fingerprint density at radius 1 is 1.21 bits per heavy atom. The molecule has 0 aliphatic rings. The zero-order chi connectivity index (χ0) is 20.5. The predicted octanol–water partition coefficient (Wildman–Crippen LogP) is 2.42. The third-order valence-electron chi connectivity index (χ3n) is 4.30. The minimum absolute atomic E-state index is 0.155. The fourth-order valence-electron chi connectivity index (χ4n) is 3.18. The van der Waals surface area contributed by atoms with Crippen LogP contribution in [0.4, 0.5) is 11.6 Å². The first kappa shape index (κ1) is 19.2. The lowest BCUT2D eigenvalue weighted by Gasteiger charge is -2.11. The summed E-state index contributed by atoms with van der Waals surface area (Å²) < 4.78 is 25.4. The molecule has 0 aromatic carbocycles. The Hall–Kier alpha value is -3.18. The highest BCUT2D eigenvalue weighted by atomic mass is 32.2. The molecule has 11 heteroatoms. The van der Waals surface area contributed by atoms with Crippen LogP contribution in [0, 0.1) is 6.92 Å². The molecule has 4 aromatic rings. The van der Waals surface area contributed by atoms with Gasteiger partial charge in [0.15, 0.2) is 0 Å². The minimum Gasteiger partial charge on any atom is -0.772 e. The highest BCUT2D eigenvalue weighted by Crippen LogP contribution is 2.23. The topological polar surface area (TPSA) is 126 Å². The van der Waals surface area contributed by atoms with E-state index in [1.165, 1.54) is 6.33 Å². The normalized spacial score (nSPS) is 12.6. The molecular weight excluding hydrogens is 392 g/mol. The Bertz CT molecular complexity index is 1200. The molecule has 0 spiro atoms. The first-order valence-electron chi connectivity index (χ1n) is 8.94. The summed E-state index contributed by atoms with van der Waals surface area (Å²) in [6, 6.07) is 3.95. The fraction of sp³-hybridized carbons (Fsp3) is 0.278. The van der Waals surface area contributed by atoms with E-state index in [9.17, 15) is 8.76 Å². The molecule has 1 N–H and O–H groups in total. The van der Waals surface area contributed by atoms with Crippen molar-refractivity contribution in [3.05, 3.63) is 48.6 Å². The molecule has 29 heavy (non-hydrogen) atoms. The van der Waals surface area contributed by atoms with Gasteiger partial charge in [0.2, 0.25) is 5.95 Å².